The zero-order valence-electron chi connectivity index (χ0n) is 13.5. The van der Waals surface area contributed by atoms with Gasteiger partial charge in [-0.1, -0.05) is 36.4 Å². The van der Waals surface area contributed by atoms with Crippen molar-refractivity contribution in [3.63, 3.8) is 0 Å². The molecule has 7 heteroatoms. The zero-order valence-corrected chi connectivity index (χ0v) is 16.6. The quantitative estimate of drug-likeness (QED) is 0.199. The Balaban J connectivity index is 0.00000484. The summed E-state index contributed by atoms with van der Waals surface area (Å²) in [5, 5.41) is 6.18. The highest BCUT2D eigenvalue weighted by Crippen LogP contribution is 2.07. The molecule has 0 saturated heterocycles. The molecule has 0 atom stereocenters. The Morgan fingerprint density at radius 1 is 1.26 bits per heavy atom. The van der Waals surface area contributed by atoms with Crippen molar-refractivity contribution in [2.75, 3.05) is 25.4 Å². The Morgan fingerprint density at radius 3 is 2.57 bits per heavy atom. The molecule has 0 aliphatic heterocycles. The van der Waals surface area contributed by atoms with E-state index < -0.39 is 9.84 Å². The molecule has 0 fully saturated rings. The van der Waals surface area contributed by atoms with E-state index in [1.54, 1.807) is 6.08 Å². The second kappa shape index (κ2) is 12.3. The first-order chi connectivity index (χ1) is 10.6. The van der Waals surface area contributed by atoms with Crippen LogP contribution in [0.25, 0.3) is 0 Å². The van der Waals surface area contributed by atoms with E-state index in [9.17, 15) is 8.42 Å². The number of aliphatic imine (C=N–C) groups is 1. The molecule has 0 aliphatic rings. The van der Waals surface area contributed by atoms with Gasteiger partial charge in [0.05, 0.1) is 11.5 Å². The van der Waals surface area contributed by atoms with Crippen molar-refractivity contribution in [1.29, 1.82) is 0 Å². The van der Waals surface area contributed by atoms with Gasteiger partial charge in [0.2, 0.25) is 0 Å². The van der Waals surface area contributed by atoms with Crippen molar-refractivity contribution in [2.24, 2.45) is 4.99 Å². The van der Waals surface area contributed by atoms with Crippen LogP contribution in [0.15, 0.2) is 48.0 Å². The van der Waals surface area contributed by atoms with Gasteiger partial charge < -0.3 is 10.6 Å². The Morgan fingerprint density at radius 2 is 1.96 bits per heavy atom. The van der Waals surface area contributed by atoms with Crippen LogP contribution in [0.1, 0.15) is 18.9 Å². The maximum Gasteiger partial charge on any atom is 0.191 e. The fourth-order valence-corrected chi connectivity index (χ4v) is 3.30. The third kappa shape index (κ3) is 10.3. The van der Waals surface area contributed by atoms with E-state index in [2.05, 4.69) is 22.2 Å². The maximum atomic E-state index is 12.0. The number of sulfone groups is 1. The van der Waals surface area contributed by atoms with Gasteiger partial charge in [0.15, 0.2) is 15.8 Å². The van der Waals surface area contributed by atoms with Crippen LogP contribution < -0.4 is 10.6 Å². The van der Waals surface area contributed by atoms with Crippen molar-refractivity contribution < 1.29 is 8.42 Å². The Bertz CT molecular complexity index is 574. The number of hydrogen-bond donors (Lipinski definition) is 2. The fourth-order valence-electron chi connectivity index (χ4n) is 1.89. The molecule has 23 heavy (non-hydrogen) atoms. The molecule has 1 rings (SSSR count). The smallest absolute Gasteiger partial charge is 0.191 e. The van der Waals surface area contributed by atoms with Crippen LogP contribution in [0.4, 0.5) is 0 Å². The van der Waals surface area contributed by atoms with Gasteiger partial charge in [0, 0.05) is 19.6 Å². The first-order valence-electron chi connectivity index (χ1n) is 7.45. The SMILES string of the molecule is C=CCNC(=NCCCS(=O)(=O)Cc1ccccc1)NCC.I. The molecule has 2 N–H and O–H groups in total. The Labute approximate surface area is 156 Å². The molecule has 0 unspecified atom stereocenters. The van der Waals surface area contributed by atoms with Crippen molar-refractivity contribution in [3.05, 3.63) is 48.6 Å². The molecule has 0 saturated carbocycles. The lowest BCUT2D eigenvalue weighted by atomic mass is 10.2. The Kier molecular flexibility index (Phi) is 11.8. The van der Waals surface area contributed by atoms with Crippen LogP contribution in [0.3, 0.4) is 0 Å². The van der Waals surface area contributed by atoms with Crippen LogP contribution in [-0.4, -0.2) is 39.8 Å². The largest absolute Gasteiger partial charge is 0.357 e. The minimum Gasteiger partial charge on any atom is -0.357 e. The molecule has 0 aromatic heterocycles. The lowest BCUT2D eigenvalue weighted by Crippen LogP contribution is -2.37. The standard InChI is InChI=1S/C16H25N3O2S.HI/c1-3-11-18-16(17-4-2)19-12-8-13-22(20,21)14-15-9-6-5-7-10-15;/h3,5-7,9-10H,1,4,8,11-14H2,2H3,(H2,17,18,19);1H. The molecular weight excluding hydrogens is 425 g/mol. The van der Waals surface area contributed by atoms with Crippen LogP contribution in [0.5, 0.6) is 0 Å². The third-order valence-electron chi connectivity index (χ3n) is 2.87. The monoisotopic (exact) mass is 451 g/mol. The highest BCUT2D eigenvalue weighted by molar-refractivity contribution is 14.0. The van der Waals surface area contributed by atoms with E-state index >= 15 is 0 Å². The molecule has 0 spiro atoms. The van der Waals surface area contributed by atoms with E-state index in [1.165, 1.54) is 0 Å². The van der Waals surface area contributed by atoms with Gasteiger partial charge in [0.25, 0.3) is 0 Å². The predicted octanol–water partition coefficient (Wildman–Crippen LogP) is 2.35. The van der Waals surface area contributed by atoms with Crippen LogP contribution in [0, 0.1) is 0 Å². The van der Waals surface area contributed by atoms with Crippen molar-refractivity contribution in [1.82, 2.24) is 10.6 Å². The Hall–Kier alpha value is -1.09. The summed E-state index contributed by atoms with van der Waals surface area (Å²) in [7, 11) is -3.09. The van der Waals surface area contributed by atoms with E-state index in [-0.39, 0.29) is 35.5 Å². The molecule has 0 heterocycles. The van der Waals surface area contributed by atoms with Gasteiger partial charge in [-0.05, 0) is 18.9 Å². The summed E-state index contributed by atoms with van der Waals surface area (Å²) in [4.78, 5) is 4.34. The maximum absolute atomic E-state index is 12.0. The van der Waals surface area contributed by atoms with Gasteiger partial charge in [0.1, 0.15) is 0 Å². The second-order valence-corrected chi connectivity index (χ2v) is 7.05. The van der Waals surface area contributed by atoms with Gasteiger partial charge >= 0.3 is 0 Å². The lowest BCUT2D eigenvalue weighted by Gasteiger charge is -2.09. The second-order valence-electron chi connectivity index (χ2n) is 4.86. The summed E-state index contributed by atoms with van der Waals surface area (Å²) >= 11 is 0. The highest BCUT2D eigenvalue weighted by Gasteiger charge is 2.11. The van der Waals surface area contributed by atoms with Crippen molar-refractivity contribution in [3.8, 4) is 0 Å². The van der Waals surface area contributed by atoms with Gasteiger partial charge in [-0.25, -0.2) is 8.42 Å². The predicted molar refractivity (Wildman–Crippen MR) is 108 cm³/mol. The average Bonchev–Trinajstić information content (AvgIpc) is 2.49. The first-order valence-corrected chi connectivity index (χ1v) is 9.27. The van der Waals surface area contributed by atoms with Crippen molar-refractivity contribution >= 4 is 39.8 Å². The zero-order chi connectivity index (χ0) is 16.3. The minimum atomic E-state index is -3.09. The summed E-state index contributed by atoms with van der Waals surface area (Å²) < 4.78 is 24.1. The summed E-state index contributed by atoms with van der Waals surface area (Å²) in [5.74, 6) is 0.918. The fraction of sp³-hybridized carbons (Fsp3) is 0.438. The summed E-state index contributed by atoms with van der Waals surface area (Å²) in [6, 6.07) is 9.24. The normalized spacial score (nSPS) is 11.4. The van der Waals surface area contributed by atoms with Crippen molar-refractivity contribution in [2.45, 2.75) is 19.1 Å². The number of benzene rings is 1. The molecule has 0 amide bonds. The van der Waals surface area contributed by atoms with Gasteiger partial charge in [-0.2, -0.15) is 0 Å². The first kappa shape index (κ1) is 21.9. The number of nitrogens with one attached hydrogen (secondary N) is 2. The molecule has 5 nitrogen and oxygen atoms in total. The van der Waals surface area contributed by atoms with Crippen LogP contribution in [0.2, 0.25) is 0 Å². The summed E-state index contributed by atoms with van der Waals surface area (Å²) in [6.45, 7) is 7.47. The number of halogens is 1. The molecule has 0 bridgehead atoms. The summed E-state index contributed by atoms with van der Waals surface area (Å²) in [5.41, 5.74) is 0.826. The van der Waals surface area contributed by atoms with Crippen LogP contribution in [-0.2, 0) is 15.6 Å². The van der Waals surface area contributed by atoms with E-state index in [4.69, 9.17) is 0 Å². The van der Waals surface area contributed by atoms with E-state index in [1.807, 2.05) is 37.3 Å². The molecule has 1 aromatic rings. The van der Waals surface area contributed by atoms with E-state index in [0.717, 1.165) is 12.1 Å². The molecular formula is C16H26IN3O2S. The summed E-state index contributed by atoms with van der Waals surface area (Å²) in [6.07, 6.45) is 2.26. The molecule has 1 aromatic carbocycles. The minimum absolute atomic E-state index is 0. The lowest BCUT2D eigenvalue weighted by molar-refractivity contribution is 0.592. The highest BCUT2D eigenvalue weighted by atomic mass is 127. The van der Waals surface area contributed by atoms with Gasteiger partial charge in [-0.3, -0.25) is 4.99 Å². The molecule has 0 aliphatic carbocycles. The topological polar surface area (TPSA) is 70.6 Å². The van der Waals surface area contributed by atoms with Gasteiger partial charge in [-0.15, -0.1) is 30.6 Å². The number of hydrogen-bond acceptors (Lipinski definition) is 3. The number of nitrogens with zero attached hydrogens (tertiary/aromatic N) is 1. The average molecular weight is 451 g/mol. The van der Waals surface area contributed by atoms with Crippen LogP contribution >= 0.6 is 24.0 Å². The third-order valence-corrected chi connectivity index (χ3v) is 4.55. The number of guanidine groups is 1. The number of rotatable bonds is 9. The molecule has 130 valence electrons. The molecule has 0 radical (unpaired) electrons. The van der Waals surface area contributed by atoms with E-state index in [0.29, 0.717) is 25.5 Å².